The monoisotopic (exact) mass is 542 g/mol. The van der Waals surface area contributed by atoms with Gasteiger partial charge in [0.15, 0.2) is 0 Å². The Morgan fingerprint density at radius 3 is 1.68 bits per heavy atom. The fourth-order valence-corrected chi connectivity index (χ4v) is 8.52. The van der Waals surface area contributed by atoms with Crippen molar-refractivity contribution in [2.45, 2.75) is 148 Å². The maximum atomic E-state index is 14.0. The van der Waals surface area contributed by atoms with Crippen LogP contribution in [0.4, 0.5) is 17.6 Å². The molecule has 0 aromatic rings. The molecule has 0 N–H and O–H groups in total. The maximum absolute atomic E-state index is 14.0. The highest BCUT2D eigenvalue weighted by molar-refractivity contribution is 5.03. The van der Waals surface area contributed by atoms with E-state index in [1.54, 1.807) is 0 Å². The van der Waals surface area contributed by atoms with Crippen molar-refractivity contribution in [1.29, 1.82) is 0 Å². The fraction of sp³-hybridized carbons (Fsp3) is 0.939. The van der Waals surface area contributed by atoms with E-state index in [2.05, 4.69) is 6.92 Å². The van der Waals surface area contributed by atoms with Gasteiger partial charge in [-0.2, -0.15) is 13.2 Å². The molecular weight excluding hydrogens is 488 g/mol. The molecule has 1 saturated heterocycles. The third-order valence-electron chi connectivity index (χ3n) is 11.0. The summed E-state index contributed by atoms with van der Waals surface area (Å²) >= 11 is 0. The van der Waals surface area contributed by atoms with E-state index < -0.39 is 17.9 Å². The lowest BCUT2D eigenvalue weighted by Gasteiger charge is -2.39. The van der Waals surface area contributed by atoms with Crippen molar-refractivity contribution in [3.05, 3.63) is 11.9 Å². The minimum absolute atomic E-state index is 0.121. The van der Waals surface area contributed by atoms with E-state index >= 15 is 0 Å². The van der Waals surface area contributed by atoms with Crippen LogP contribution in [0.5, 0.6) is 0 Å². The highest BCUT2D eigenvalue weighted by atomic mass is 19.4. The number of allylic oxidation sites excluding steroid dienone is 2. The molecule has 2 atom stereocenters. The summed E-state index contributed by atoms with van der Waals surface area (Å²) in [4.78, 5) is 0. The smallest absolute Gasteiger partial charge is 0.378 e. The van der Waals surface area contributed by atoms with E-state index in [0.29, 0.717) is 30.8 Å². The molecule has 0 amide bonds. The van der Waals surface area contributed by atoms with Gasteiger partial charge in [0, 0.05) is 12.5 Å². The van der Waals surface area contributed by atoms with E-state index in [9.17, 15) is 17.6 Å². The minimum Gasteiger partial charge on any atom is -0.378 e. The second-order valence-corrected chi connectivity index (χ2v) is 13.6. The van der Waals surface area contributed by atoms with Crippen LogP contribution in [0.1, 0.15) is 135 Å². The van der Waals surface area contributed by atoms with Crippen LogP contribution in [0.3, 0.4) is 0 Å². The molecular formula is C33H54F4O. The average Bonchev–Trinajstić information content (AvgIpc) is 2.92. The average molecular weight is 543 g/mol. The van der Waals surface area contributed by atoms with Crippen LogP contribution in [0.2, 0.25) is 0 Å². The highest BCUT2D eigenvalue weighted by Crippen LogP contribution is 2.45. The Hall–Kier alpha value is -0.580. The lowest BCUT2D eigenvalue weighted by molar-refractivity contribution is -0.0821. The Balaban J connectivity index is 1.06. The summed E-state index contributed by atoms with van der Waals surface area (Å²) in [7, 11) is 0. The fourth-order valence-electron chi connectivity index (χ4n) is 8.52. The number of hydrogen-bond donors (Lipinski definition) is 0. The first-order chi connectivity index (χ1) is 18.3. The Labute approximate surface area is 229 Å². The minimum atomic E-state index is -4.54. The molecule has 4 fully saturated rings. The number of rotatable bonds is 10. The van der Waals surface area contributed by atoms with Gasteiger partial charge in [0.25, 0.3) is 0 Å². The van der Waals surface area contributed by atoms with Crippen LogP contribution in [-0.4, -0.2) is 18.9 Å². The van der Waals surface area contributed by atoms with Crippen molar-refractivity contribution in [3.63, 3.8) is 0 Å². The van der Waals surface area contributed by atoms with Gasteiger partial charge in [-0.15, -0.1) is 0 Å². The largest absolute Gasteiger partial charge is 0.412 e. The zero-order chi connectivity index (χ0) is 27.0. The normalized spacial score (nSPS) is 37.8. The second-order valence-electron chi connectivity index (χ2n) is 13.6. The predicted molar refractivity (Wildman–Crippen MR) is 147 cm³/mol. The van der Waals surface area contributed by atoms with E-state index in [1.165, 1.54) is 103 Å². The van der Waals surface area contributed by atoms with Crippen LogP contribution >= 0.6 is 0 Å². The van der Waals surface area contributed by atoms with Crippen molar-refractivity contribution in [2.75, 3.05) is 6.61 Å². The van der Waals surface area contributed by atoms with Gasteiger partial charge in [0.2, 0.25) is 0 Å². The van der Waals surface area contributed by atoms with Crippen LogP contribution in [-0.2, 0) is 4.74 Å². The molecule has 0 radical (unpaired) electrons. The Kier molecular flexibility index (Phi) is 11.9. The van der Waals surface area contributed by atoms with Crippen molar-refractivity contribution in [3.8, 4) is 0 Å². The first-order valence-electron chi connectivity index (χ1n) is 16.4. The standard InChI is InChI=1S/C33H54F4O/c1-2-3-4-5-26-12-21-32(38-23-26)30-15-10-25(11-16-30)7-6-24-8-13-27(14-9-24)28-17-19-29(20-18-28)31(34)22-33(35,36)37/h22,24-30,32H,2-21,23H2,1H3/b31-22-. The molecule has 5 heteroatoms. The summed E-state index contributed by atoms with van der Waals surface area (Å²) in [5.41, 5.74) is 0. The first-order valence-corrected chi connectivity index (χ1v) is 16.4. The number of hydrogen-bond acceptors (Lipinski definition) is 1. The molecule has 1 heterocycles. The number of ether oxygens (including phenoxy) is 1. The van der Waals surface area contributed by atoms with E-state index in [0.717, 1.165) is 43.1 Å². The number of alkyl halides is 3. The molecule has 4 rings (SSSR count). The predicted octanol–water partition coefficient (Wildman–Crippen LogP) is 11.0. The van der Waals surface area contributed by atoms with Crippen molar-refractivity contribution >= 4 is 0 Å². The molecule has 0 aromatic heterocycles. The molecule has 3 saturated carbocycles. The van der Waals surface area contributed by atoms with Gasteiger partial charge in [-0.3, -0.25) is 0 Å². The maximum Gasteiger partial charge on any atom is 0.412 e. The highest BCUT2D eigenvalue weighted by Gasteiger charge is 2.35. The summed E-state index contributed by atoms with van der Waals surface area (Å²) < 4.78 is 57.8. The summed E-state index contributed by atoms with van der Waals surface area (Å²) in [6.07, 6.45) is 20.3. The topological polar surface area (TPSA) is 9.23 Å². The molecule has 0 aromatic carbocycles. The van der Waals surface area contributed by atoms with Crippen molar-refractivity contribution < 1.29 is 22.3 Å². The summed E-state index contributed by atoms with van der Waals surface area (Å²) in [6.45, 7) is 3.28. The summed E-state index contributed by atoms with van der Waals surface area (Å²) in [6, 6.07) is 0. The van der Waals surface area contributed by atoms with E-state index in [4.69, 9.17) is 4.74 Å². The Morgan fingerprint density at radius 2 is 1.18 bits per heavy atom. The van der Waals surface area contributed by atoms with Crippen LogP contribution < -0.4 is 0 Å². The quantitative estimate of drug-likeness (QED) is 0.197. The molecule has 38 heavy (non-hydrogen) atoms. The van der Waals surface area contributed by atoms with Gasteiger partial charge < -0.3 is 4.74 Å². The van der Waals surface area contributed by atoms with E-state index in [-0.39, 0.29) is 6.08 Å². The lowest BCUT2D eigenvalue weighted by Crippen LogP contribution is -2.34. The van der Waals surface area contributed by atoms with Crippen LogP contribution in [0.25, 0.3) is 0 Å². The van der Waals surface area contributed by atoms with Crippen LogP contribution in [0.15, 0.2) is 11.9 Å². The lowest BCUT2D eigenvalue weighted by atomic mass is 9.68. The number of unbranched alkanes of at least 4 members (excludes halogenated alkanes) is 2. The first kappa shape index (κ1) is 30.4. The van der Waals surface area contributed by atoms with Gasteiger partial charge >= 0.3 is 6.18 Å². The van der Waals surface area contributed by atoms with Crippen molar-refractivity contribution in [1.82, 2.24) is 0 Å². The SMILES string of the molecule is CCCCCC1CCC(C2CCC(CCC3CCC(C4CCC(/C(F)=C/C(F)(F)F)CC4)CC3)CC2)OC1. The molecule has 3 aliphatic carbocycles. The van der Waals surface area contributed by atoms with E-state index in [1.807, 2.05) is 0 Å². The molecule has 4 aliphatic rings. The van der Waals surface area contributed by atoms with Crippen molar-refractivity contribution in [2.24, 2.45) is 41.4 Å². The zero-order valence-electron chi connectivity index (χ0n) is 24.0. The molecule has 1 nitrogen and oxygen atoms in total. The van der Waals surface area contributed by atoms with Gasteiger partial charge in [-0.05, 0) is 106 Å². The second kappa shape index (κ2) is 14.9. The zero-order valence-corrected chi connectivity index (χ0v) is 24.0. The Bertz CT molecular complexity index is 686. The molecule has 1 aliphatic heterocycles. The van der Waals surface area contributed by atoms with Gasteiger partial charge in [-0.1, -0.05) is 64.7 Å². The molecule has 0 spiro atoms. The number of halogens is 4. The third-order valence-corrected chi connectivity index (χ3v) is 11.0. The van der Waals surface area contributed by atoms with Gasteiger partial charge in [0.1, 0.15) is 5.83 Å². The van der Waals surface area contributed by atoms with Gasteiger partial charge in [-0.25, -0.2) is 4.39 Å². The third kappa shape index (κ3) is 9.51. The molecule has 0 bridgehead atoms. The molecule has 2 unspecified atom stereocenters. The van der Waals surface area contributed by atoms with Crippen LogP contribution in [0, 0.1) is 41.4 Å². The summed E-state index contributed by atoms with van der Waals surface area (Å²) in [5.74, 6) is 3.20. The van der Waals surface area contributed by atoms with Gasteiger partial charge in [0.05, 0.1) is 12.2 Å². The molecule has 220 valence electrons. The summed E-state index contributed by atoms with van der Waals surface area (Å²) in [5, 5.41) is 0. The Morgan fingerprint density at radius 1 is 0.658 bits per heavy atom.